The summed E-state index contributed by atoms with van der Waals surface area (Å²) in [6.07, 6.45) is 6.39. The van der Waals surface area contributed by atoms with Crippen molar-refractivity contribution in [2.24, 2.45) is 11.8 Å². The van der Waals surface area contributed by atoms with Gasteiger partial charge in [0.25, 0.3) is 0 Å². The molecule has 13 heavy (non-hydrogen) atoms. The Balaban J connectivity index is 1.75. The van der Waals surface area contributed by atoms with Gasteiger partial charge in [-0.2, -0.15) is 0 Å². The van der Waals surface area contributed by atoms with Gasteiger partial charge in [0.1, 0.15) is 5.78 Å². The molecule has 0 unspecified atom stereocenters. The van der Waals surface area contributed by atoms with Crippen LogP contribution in [0.5, 0.6) is 0 Å². The Bertz CT molecular complexity index is 218. The quantitative estimate of drug-likeness (QED) is 0.607. The molecule has 2 nitrogen and oxygen atoms in total. The molecule has 2 aliphatic carbocycles. The third kappa shape index (κ3) is 1.32. The van der Waals surface area contributed by atoms with E-state index in [-0.39, 0.29) is 0 Å². The average Bonchev–Trinajstić information content (AvgIpc) is 2.85. The molecule has 2 atom stereocenters. The van der Waals surface area contributed by atoms with E-state index < -0.39 is 0 Å². The normalized spacial score (nSPS) is 40.8. The average molecular weight is 179 g/mol. The van der Waals surface area contributed by atoms with Gasteiger partial charge in [0.2, 0.25) is 0 Å². The number of nitrogens with zero attached hydrogens (tertiary/aromatic N) is 1. The minimum atomic E-state index is 0.410. The van der Waals surface area contributed by atoms with Crippen molar-refractivity contribution < 1.29 is 4.79 Å². The largest absolute Gasteiger partial charge is 0.299 e. The van der Waals surface area contributed by atoms with Gasteiger partial charge >= 0.3 is 0 Å². The van der Waals surface area contributed by atoms with Crippen LogP contribution in [0.2, 0.25) is 0 Å². The highest BCUT2D eigenvalue weighted by Crippen LogP contribution is 2.37. The molecule has 1 heterocycles. The van der Waals surface area contributed by atoms with Crippen molar-refractivity contribution in [3.63, 3.8) is 0 Å². The molecule has 3 rings (SSSR count). The molecule has 72 valence electrons. The van der Waals surface area contributed by atoms with Crippen LogP contribution < -0.4 is 0 Å². The molecular weight excluding hydrogens is 162 g/mol. The van der Waals surface area contributed by atoms with Crippen LogP contribution in [0, 0.1) is 11.8 Å². The number of hydrogen-bond acceptors (Lipinski definition) is 2. The minimum Gasteiger partial charge on any atom is -0.299 e. The van der Waals surface area contributed by atoms with Crippen LogP contribution in [0.25, 0.3) is 0 Å². The lowest BCUT2D eigenvalue weighted by molar-refractivity contribution is -0.134. The van der Waals surface area contributed by atoms with Gasteiger partial charge in [0, 0.05) is 31.0 Å². The summed E-state index contributed by atoms with van der Waals surface area (Å²) in [5.74, 6) is 1.41. The van der Waals surface area contributed by atoms with E-state index in [4.69, 9.17) is 0 Å². The molecule has 1 saturated heterocycles. The molecule has 0 radical (unpaired) electrons. The first kappa shape index (κ1) is 7.98. The second-order valence-corrected chi connectivity index (χ2v) is 4.91. The Kier molecular flexibility index (Phi) is 1.72. The zero-order valence-electron chi connectivity index (χ0n) is 8.04. The zero-order chi connectivity index (χ0) is 8.84. The highest BCUT2D eigenvalue weighted by Gasteiger charge is 2.42. The second-order valence-electron chi connectivity index (χ2n) is 4.91. The molecule has 0 spiro atoms. The van der Waals surface area contributed by atoms with E-state index in [0.29, 0.717) is 17.6 Å². The summed E-state index contributed by atoms with van der Waals surface area (Å²) in [4.78, 5) is 14.3. The first-order chi connectivity index (χ1) is 6.34. The maximum atomic E-state index is 11.8. The number of carbonyl (C=O) groups is 1. The zero-order valence-corrected chi connectivity index (χ0v) is 8.04. The standard InChI is InChI=1S/C11H17NO/c13-11-8-2-1-3-9(11)7-12(6-8)10-4-5-10/h8-10H,1-7H2/t8-,9-/m0/s1. The minimum absolute atomic E-state index is 0.410. The Morgan fingerprint density at radius 3 is 2.15 bits per heavy atom. The van der Waals surface area contributed by atoms with E-state index >= 15 is 0 Å². The maximum absolute atomic E-state index is 11.8. The Morgan fingerprint density at radius 1 is 1.00 bits per heavy atom. The molecule has 0 aromatic carbocycles. The number of rotatable bonds is 1. The lowest BCUT2D eigenvalue weighted by Crippen LogP contribution is -2.49. The lowest BCUT2D eigenvalue weighted by atomic mass is 9.76. The molecule has 3 fully saturated rings. The lowest BCUT2D eigenvalue weighted by Gasteiger charge is -2.40. The van der Waals surface area contributed by atoms with Gasteiger partial charge in [-0.1, -0.05) is 6.42 Å². The predicted molar refractivity (Wildman–Crippen MR) is 50.4 cm³/mol. The van der Waals surface area contributed by atoms with Crippen LogP contribution in [-0.2, 0) is 4.79 Å². The molecule has 0 aromatic heterocycles. The SMILES string of the molecule is O=C1[C@H]2CCC[C@H]1CN(C1CC1)C2. The number of ketones is 1. The molecule has 0 amide bonds. The number of likely N-dealkylation sites (tertiary alicyclic amines) is 1. The maximum Gasteiger partial charge on any atom is 0.141 e. The topological polar surface area (TPSA) is 20.3 Å². The second kappa shape index (κ2) is 2.81. The number of fused-ring (bicyclic) bond motifs is 2. The molecule has 2 saturated carbocycles. The summed E-state index contributed by atoms with van der Waals surface area (Å²) in [6.45, 7) is 2.17. The molecule has 2 heteroatoms. The van der Waals surface area contributed by atoms with Gasteiger partial charge in [-0.05, 0) is 25.7 Å². The first-order valence-electron chi connectivity index (χ1n) is 5.62. The third-order valence-electron chi connectivity index (χ3n) is 3.88. The number of hydrogen-bond donors (Lipinski definition) is 0. The van der Waals surface area contributed by atoms with E-state index in [1.807, 2.05) is 0 Å². The summed E-state index contributed by atoms with van der Waals surface area (Å²) in [5, 5.41) is 0. The number of piperidine rings is 1. The summed E-state index contributed by atoms with van der Waals surface area (Å²) in [6, 6.07) is 0.858. The Labute approximate surface area is 79.3 Å². The van der Waals surface area contributed by atoms with Crippen LogP contribution in [-0.4, -0.2) is 29.8 Å². The van der Waals surface area contributed by atoms with Gasteiger partial charge in [0.15, 0.2) is 0 Å². The van der Waals surface area contributed by atoms with Crippen LogP contribution in [0.1, 0.15) is 32.1 Å². The summed E-state index contributed by atoms with van der Waals surface area (Å²) >= 11 is 0. The molecule has 1 aliphatic heterocycles. The van der Waals surface area contributed by atoms with Crippen LogP contribution in [0.4, 0.5) is 0 Å². The smallest absolute Gasteiger partial charge is 0.141 e. The van der Waals surface area contributed by atoms with E-state index in [9.17, 15) is 4.79 Å². The van der Waals surface area contributed by atoms with Crippen molar-refractivity contribution in [3.8, 4) is 0 Å². The highest BCUT2D eigenvalue weighted by atomic mass is 16.1. The van der Waals surface area contributed by atoms with Gasteiger partial charge in [-0.15, -0.1) is 0 Å². The predicted octanol–water partition coefficient (Wildman–Crippen LogP) is 1.45. The van der Waals surface area contributed by atoms with Crippen LogP contribution in [0.15, 0.2) is 0 Å². The number of carbonyl (C=O) groups excluding carboxylic acids is 1. The van der Waals surface area contributed by atoms with Crippen LogP contribution >= 0.6 is 0 Å². The molecule has 0 aromatic rings. The van der Waals surface area contributed by atoms with E-state index in [0.717, 1.165) is 19.1 Å². The van der Waals surface area contributed by atoms with Crippen molar-refractivity contribution in [1.82, 2.24) is 4.90 Å². The van der Waals surface area contributed by atoms with Crippen molar-refractivity contribution in [1.29, 1.82) is 0 Å². The molecule has 2 bridgehead atoms. The van der Waals surface area contributed by atoms with E-state index in [2.05, 4.69) is 4.90 Å². The fraction of sp³-hybridized carbons (Fsp3) is 0.909. The molecular formula is C11H17NO. The molecule has 3 aliphatic rings. The Hall–Kier alpha value is -0.370. The van der Waals surface area contributed by atoms with Gasteiger partial charge in [-0.3, -0.25) is 9.69 Å². The fourth-order valence-electron chi connectivity index (χ4n) is 2.97. The van der Waals surface area contributed by atoms with E-state index in [1.54, 1.807) is 0 Å². The van der Waals surface area contributed by atoms with Gasteiger partial charge in [-0.25, -0.2) is 0 Å². The summed E-state index contributed by atoms with van der Waals surface area (Å²) in [5.41, 5.74) is 0. The third-order valence-corrected chi connectivity index (χ3v) is 3.88. The fourth-order valence-corrected chi connectivity index (χ4v) is 2.97. The summed E-state index contributed by atoms with van der Waals surface area (Å²) in [7, 11) is 0. The van der Waals surface area contributed by atoms with Crippen molar-refractivity contribution in [3.05, 3.63) is 0 Å². The van der Waals surface area contributed by atoms with Crippen LogP contribution in [0.3, 0.4) is 0 Å². The Morgan fingerprint density at radius 2 is 1.62 bits per heavy atom. The van der Waals surface area contributed by atoms with E-state index in [1.165, 1.54) is 32.1 Å². The molecule has 0 N–H and O–H groups in total. The van der Waals surface area contributed by atoms with Crippen molar-refractivity contribution in [2.75, 3.05) is 13.1 Å². The first-order valence-corrected chi connectivity index (χ1v) is 5.62. The highest BCUT2D eigenvalue weighted by molar-refractivity contribution is 5.85. The van der Waals surface area contributed by atoms with Crippen molar-refractivity contribution in [2.45, 2.75) is 38.1 Å². The van der Waals surface area contributed by atoms with Gasteiger partial charge < -0.3 is 0 Å². The van der Waals surface area contributed by atoms with Gasteiger partial charge in [0.05, 0.1) is 0 Å². The van der Waals surface area contributed by atoms with Crippen molar-refractivity contribution >= 4 is 5.78 Å². The summed E-state index contributed by atoms with van der Waals surface area (Å²) < 4.78 is 0. The monoisotopic (exact) mass is 179 g/mol. The number of Topliss-reactive ketones (excluding diaryl/α,β-unsaturated/α-hetero) is 1.